The van der Waals surface area contributed by atoms with E-state index in [1.165, 1.54) is 45.3 Å². The van der Waals surface area contributed by atoms with Crippen molar-refractivity contribution in [1.29, 1.82) is 0 Å². The van der Waals surface area contributed by atoms with Crippen molar-refractivity contribution in [2.75, 3.05) is 19.6 Å². The summed E-state index contributed by atoms with van der Waals surface area (Å²) in [6.45, 7) is 10.7. The molecule has 1 aliphatic rings. The quantitative estimate of drug-likeness (QED) is 0.748. The van der Waals surface area contributed by atoms with Crippen molar-refractivity contribution < 1.29 is 0 Å². The van der Waals surface area contributed by atoms with Crippen molar-refractivity contribution in [2.45, 2.75) is 58.5 Å². The van der Waals surface area contributed by atoms with Gasteiger partial charge in [-0.1, -0.05) is 13.3 Å². The largest absolute Gasteiger partial charge is 0.314 e. The Morgan fingerprint density at radius 3 is 2.93 bits per heavy atom. The fourth-order valence-electron chi connectivity index (χ4n) is 2.25. The summed E-state index contributed by atoms with van der Waals surface area (Å²) in [5.41, 5.74) is 0. The van der Waals surface area contributed by atoms with Crippen molar-refractivity contribution in [3.05, 3.63) is 0 Å². The highest BCUT2D eigenvalue weighted by Gasteiger charge is 2.15. The van der Waals surface area contributed by atoms with Crippen LogP contribution in [0, 0.1) is 0 Å². The van der Waals surface area contributed by atoms with E-state index in [0.29, 0.717) is 6.04 Å². The first-order valence-corrected chi connectivity index (χ1v) is 6.21. The van der Waals surface area contributed by atoms with Crippen molar-refractivity contribution >= 4 is 0 Å². The molecule has 0 aromatic rings. The molecule has 84 valence electrons. The molecule has 0 aliphatic carbocycles. The number of nitrogens with one attached hydrogen (secondary N) is 1. The molecule has 1 heterocycles. The molecular weight excluding hydrogens is 172 g/mol. The Kier molecular flexibility index (Phi) is 5.49. The van der Waals surface area contributed by atoms with Crippen LogP contribution in [0.25, 0.3) is 0 Å². The highest BCUT2D eigenvalue weighted by Crippen LogP contribution is 2.10. The van der Waals surface area contributed by atoms with Gasteiger partial charge in [-0.25, -0.2) is 0 Å². The lowest BCUT2D eigenvalue weighted by Crippen LogP contribution is -2.42. The van der Waals surface area contributed by atoms with Crippen LogP contribution < -0.4 is 5.32 Å². The van der Waals surface area contributed by atoms with Crippen LogP contribution in [0.15, 0.2) is 0 Å². The molecule has 14 heavy (non-hydrogen) atoms. The SMILES string of the molecule is CCCC(C)N1CCCNC(C)CC1. The molecule has 0 bridgehead atoms. The average molecular weight is 198 g/mol. The van der Waals surface area contributed by atoms with Crippen molar-refractivity contribution in [2.24, 2.45) is 0 Å². The van der Waals surface area contributed by atoms with E-state index >= 15 is 0 Å². The van der Waals surface area contributed by atoms with Crippen LogP contribution in [-0.2, 0) is 0 Å². The predicted molar refractivity (Wildman–Crippen MR) is 62.6 cm³/mol. The van der Waals surface area contributed by atoms with Gasteiger partial charge in [0.05, 0.1) is 0 Å². The van der Waals surface area contributed by atoms with E-state index in [0.717, 1.165) is 6.04 Å². The van der Waals surface area contributed by atoms with Crippen LogP contribution in [0.2, 0.25) is 0 Å². The van der Waals surface area contributed by atoms with Crippen molar-refractivity contribution in [1.82, 2.24) is 10.2 Å². The summed E-state index contributed by atoms with van der Waals surface area (Å²) < 4.78 is 0. The van der Waals surface area contributed by atoms with Gasteiger partial charge >= 0.3 is 0 Å². The van der Waals surface area contributed by atoms with E-state index in [4.69, 9.17) is 0 Å². The summed E-state index contributed by atoms with van der Waals surface area (Å²) in [5, 5.41) is 3.55. The molecule has 1 N–H and O–H groups in total. The maximum Gasteiger partial charge on any atom is 0.00668 e. The lowest BCUT2D eigenvalue weighted by atomic mass is 10.1. The van der Waals surface area contributed by atoms with Gasteiger partial charge in [0, 0.05) is 12.1 Å². The van der Waals surface area contributed by atoms with E-state index in [-0.39, 0.29) is 0 Å². The Bertz CT molecular complexity index is 147. The first kappa shape index (κ1) is 12.0. The third-order valence-electron chi connectivity index (χ3n) is 3.29. The standard InChI is InChI=1S/C12H26N2/c1-4-6-12(3)14-9-5-8-13-11(2)7-10-14/h11-13H,4-10H2,1-3H3. The highest BCUT2D eigenvalue weighted by molar-refractivity contribution is 4.73. The van der Waals surface area contributed by atoms with E-state index < -0.39 is 0 Å². The fourth-order valence-corrected chi connectivity index (χ4v) is 2.25. The van der Waals surface area contributed by atoms with Crippen molar-refractivity contribution in [3.63, 3.8) is 0 Å². The van der Waals surface area contributed by atoms with Crippen LogP contribution in [0.1, 0.15) is 46.5 Å². The molecule has 0 radical (unpaired) electrons. The molecule has 2 atom stereocenters. The second-order valence-electron chi connectivity index (χ2n) is 4.67. The Morgan fingerprint density at radius 2 is 2.21 bits per heavy atom. The molecule has 2 unspecified atom stereocenters. The van der Waals surface area contributed by atoms with Crippen LogP contribution in [0.4, 0.5) is 0 Å². The third-order valence-corrected chi connectivity index (χ3v) is 3.29. The minimum absolute atomic E-state index is 0.701. The summed E-state index contributed by atoms with van der Waals surface area (Å²) >= 11 is 0. The van der Waals surface area contributed by atoms with E-state index in [1.807, 2.05) is 0 Å². The van der Waals surface area contributed by atoms with Crippen molar-refractivity contribution in [3.8, 4) is 0 Å². The molecule has 0 amide bonds. The van der Waals surface area contributed by atoms with Gasteiger partial charge in [0.2, 0.25) is 0 Å². The second-order valence-corrected chi connectivity index (χ2v) is 4.67. The summed E-state index contributed by atoms with van der Waals surface area (Å²) in [5.74, 6) is 0. The highest BCUT2D eigenvalue weighted by atomic mass is 15.2. The van der Waals surface area contributed by atoms with Crippen LogP contribution in [0.5, 0.6) is 0 Å². The minimum atomic E-state index is 0.701. The van der Waals surface area contributed by atoms with Crippen LogP contribution in [0.3, 0.4) is 0 Å². The first-order chi connectivity index (χ1) is 6.74. The van der Waals surface area contributed by atoms with E-state index in [9.17, 15) is 0 Å². The molecule has 1 rings (SSSR count). The van der Waals surface area contributed by atoms with Crippen LogP contribution in [-0.4, -0.2) is 36.6 Å². The summed E-state index contributed by atoms with van der Waals surface area (Å²) in [6, 6.07) is 1.48. The fraction of sp³-hybridized carbons (Fsp3) is 1.00. The molecule has 2 nitrogen and oxygen atoms in total. The zero-order valence-electron chi connectivity index (χ0n) is 10.1. The zero-order valence-corrected chi connectivity index (χ0v) is 10.1. The third kappa shape index (κ3) is 3.97. The molecule has 0 aromatic carbocycles. The Morgan fingerprint density at radius 1 is 1.43 bits per heavy atom. The Hall–Kier alpha value is -0.0800. The molecule has 0 saturated carbocycles. The topological polar surface area (TPSA) is 15.3 Å². The molecule has 1 saturated heterocycles. The number of nitrogens with zero attached hydrogens (tertiary/aromatic N) is 1. The van der Waals surface area contributed by atoms with Gasteiger partial charge in [0.15, 0.2) is 0 Å². The van der Waals surface area contributed by atoms with Gasteiger partial charge in [-0.15, -0.1) is 0 Å². The lowest BCUT2D eigenvalue weighted by molar-refractivity contribution is 0.175. The van der Waals surface area contributed by atoms with Gasteiger partial charge in [-0.3, -0.25) is 0 Å². The Balaban J connectivity index is 2.34. The van der Waals surface area contributed by atoms with Gasteiger partial charge in [0.25, 0.3) is 0 Å². The maximum absolute atomic E-state index is 3.55. The van der Waals surface area contributed by atoms with E-state index in [1.54, 1.807) is 0 Å². The molecule has 1 aliphatic heterocycles. The number of hydrogen-bond donors (Lipinski definition) is 1. The molecular formula is C12H26N2. The maximum atomic E-state index is 3.55. The first-order valence-electron chi connectivity index (χ1n) is 6.21. The molecule has 2 heteroatoms. The number of hydrogen-bond acceptors (Lipinski definition) is 2. The minimum Gasteiger partial charge on any atom is -0.314 e. The second kappa shape index (κ2) is 6.41. The summed E-state index contributed by atoms with van der Waals surface area (Å²) in [6.07, 6.45) is 5.26. The normalized spacial score (nSPS) is 28.1. The predicted octanol–water partition coefficient (Wildman–Crippen LogP) is 2.25. The summed E-state index contributed by atoms with van der Waals surface area (Å²) in [7, 11) is 0. The zero-order chi connectivity index (χ0) is 10.4. The van der Waals surface area contributed by atoms with Gasteiger partial charge in [-0.2, -0.15) is 0 Å². The van der Waals surface area contributed by atoms with Crippen LogP contribution >= 0.6 is 0 Å². The Labute approximate surface area is 89.1 Å². The van der Waals surface area contributed by atoms with Gasteiger partial charge in [-0.05, 0) is 52.7 Å². The summed E-state index contributed by atoms with van der Waals surface area (Å²) in [4.78, 5) is 2.67. The van der Waals surface area contributed by atoms with E-state index in [2.05, 4.69) is 31.0 Å². The van der Waals surface area contributed by atoms with Gasteiger partial charge in [0.1, 0.15) is 0 Å². The molecule has 0 spiro atoms. The van der Waals surface area contributed by atoms with Gasteiger partial charge < -0.3 is 10.2 Å². The lowest BCUT2D eigenvalue weighted by Gasteiger charge is -2.32. The monoisotopic (exact) mass is 198 g/mol. The molecule has 0 aromatic heterocycles. The number of rotatable bonds is 3. The average Bonchev–Trinajstić information content (AvgIpc) is 2.12. The smallest absolute Gasteiger partial charge is 0.00668 e. The molecule has 1 fully saturated rings.